The first kappa shape index (κ1) is 22.0. The number of thiocarbonyl (C=S) groups is 1. The Morgan fingerprint density at radius 3 is 2.47 bits per heavy atom. The number of rotatable bonds is 4. The van der Waals surface area contributed by atoms with E-state index in [1.807, 2.05) is 36.5 Å². The highest BCUT2D eigenvalue weighted by Crippen LogP contribution is 2.31. The van der Waals surface area contributed by atoms with Crippen LogP contribution < -0.4 is 5.14 Å². The van der Waals surface area contributed by atoms with E-state index in [2.05, 4.69) is 17.1 Å². The summed E-state index contributed by atoms with van der Waals surface area (Å²) < 4.78 is 24.9. The molecule has 0 spiro atoms. The monoisotopic (exact) mass is 458 g/mol. The van der Waals surface area contributed by atoms with E-state index in [-0.39, 0.29) is 4.90 Å². The molecule has 0 aliphatic heterocycles. The first-order chi connectivity index (χ1) is 14.3. The molecule has 0 radical (unpaired) electrons. The minimum Gasteiger partial charge on any atom is -0.287 e. The molecule has 3 rings (SSSR count). The third-order valence-corrected chi connectivity index (χ3v) is 6.33. The van der Waals surface area contributed by atoms with E-state index in [1.165, 1.54) is 35.6 Å². The molecule has 0 fully saturated rings. The highest BCUT2D eigenvalue weighted by Gasteiger charge is 2.14. The molecule has 0 atom stereocenters. The van der Waals surface area contributed by atoms with Crippen LogP contribution in [0.4, 0.5) is 0 Å². The maximum atomic E-state index is 11.5. The summed E-state index contributed by atoms with van der Waals surface area (Å²) in [5.74, 6) is 3.34. The molecule has 0 saturated carbocycles. The van der Waals surface area contributed by atoms with Crippen molar-refractivity contribution in [3.8, 4) is 34.3 Å². The molecule has 3 aromatic rings. The highest BCUT2D eigenvalue weighted by atomic mass is 32.2. The average molecular weight is 459 g/mol. The number of nitrogens with two attached hydrogens (primary N) is 1. The molecule has 1 aromatic heterocycles. The van der Waals surface area contributed by atoms with Gasteiger partial charge < -0.3 is 0 Å². The average Bonchev–Trinajstić information content (AvgIpc) is 3.15. The Hall–Kier alpha value is -2.68. The summed E-state index contributed by atoms with van der Waals surface area (Å²) in [5.41, 5.74) is 3.20. The number of sulfonamides is 1. The molecular formula is C20H18N4O3S3. The van der Waals surface area contributed by atoms with Crippen LogP contribution in [0.5, 0.6) is 0 Å². The third kappa shape index (κ3) is 5.47. The standard InChI is InChI=1S/C20H18N4O3S3/c1-23(25)20(28)29-13-5-12-24-14-18(15-6-3-2-4-7-15)19(22-24)16-8-10-17(11-9-16)30(21,26)27/h2-4,6-11,14,25H,13H2,1H3,(H2,21,26,27). The highest BCUT2D eigenvalue weighted by molar-refractivity contribution is 8.23. The van der Waals surface area contributed by atoms with Gasteiger partial charge in [0, 0.05) is 30.4 Å². The Morgan fingerprint density at radius 1 is 1.20 bits per heavy atom. The fourth-order valence-electron chi connectivity index (χ4n) is 2.58. The molecule has 0 aliphatic carbocycles. The second kappa shape index (κ2) is 9.42. The second-order valence-corrected chi connectivity index (χ2v) is 9.31. The van der Waals surface area contributed by atoms with Crippen molar-refractivity contribution in [2.45, 2.75) is 4.90 Å². The summed E-state index contributed by atoms with van der Waals surface area (Å²) in [7, 11) is -2.31. The van der Waals surface area contributed by atoms with Crippen LogP contribution in [0.15, 0.2) is 65.7 Å². The van der Waals surface area contributed by atoms with Gasteiger partial charge >= 0.3 is 0 Å². The van der Waals surface area contributed by atoms with E-state index in [1.54, 1.807) is 12.1 Å². The van der Waals surface area contributed by atoms with Gasteiger partial charge in [-0.2, -0.15) is 9.78 Å². The van der Waals surface area contributed by atoms with Gasteiger partial charge in [0.2, 0.25) is 10.0 Å². The Balaban J connectivity index is 1.95. The predicted octanol–water partition coefficient (Wildman–Crippen LogP) is 3.01. The van der Waals surface area contributed by atoms with Crippen LogP contribution in [0.2, 0.25) is 0 Å². The topological polar surface area (TPSA) is 101 Å². The first-order valence-corrected chi connectivity index (χ1v) is 11.6. The Bertz CT molecular complexity index is 1210. The van der Waals surface area contributed by atoms with Gasteiger partial charge in [0.25, 0.3) is 0 Å². The normalized spacial score (nSPS) is 10.9. The number of primary sulfonamides is 1. The lowest BCUT2D eigenvalue weighted by Crippen LogP contribution is -2.17. The quantitative estimate of drug-likeness (QED) is 0.352. The molecule has 0 unspecified atom stereocenters. The zero-order valence-corrected chi connectivity index (χ0v) is 18.3. The van der Waals surface area contributed by atoms with E-state index in [0.717, 1.165) is 21.8 Å². The zero-order chi connectivity index (χ0) is 21.7. The Kier molecular flexibility index (Phi) is 6.91. The Labute approximate surface area is 184 Å². The first-order valence-electron chi connectivity index (χ1n) is 8.62. The van der Waals surface area contributed by atoms with E-state index in [9.17, 15) is 13.6 Å². The predicted molar refractivity (Wildman–Crippen MR) is 122 cm³/mol. The van der Waals surface area contributed by atoms with Crippen LogP contribution in [0.1, 0.15) is 0 Å². The van der Waals surface area contributed by atoms with Crippen molar-refractivity contribution in [1.29, 1.82) is 0 Å². The number of aromatic nitrogens is 2. The van der Waals surface area contributed by atoms with Crippen LogP contribution in [0.3, 0.4) is 0 Å². The van der Waals surface area contributed by atoms with Crippen molar-refractivity contribution < 1.29 is 13.6 Å². The molecule has 0 amide bonds. The number of hydrogen-bond donors (Lipinski definition) is 2. The van der Waals surface area contributed by atoms with E-state index in [0.29, 0.717) is 15.8 Å². The van der Waals surface area contributed by atoms with Crippen molar-refractivity contribution in [3.05, 3.63) is 60.8 Å². The maximum absolute atomic E-state index is 11.5. The lowest BCUT2D eigenvalue weighted by molar-refractivity contribution is 0.0205. The summed E-state index contributed by atoms with van der Waals surface area (Å²) in [5, 5.41) is 19.9. The molecule has 0 aliphatic rings. The van der Waals surface area contributed by atoms with Crippen LogP contribution in [0.25, 0.3) is 22.4 Å². The minimum atomic E-state index is -3.77. The van der Waals surface area contributed by atoms with E-state index >= 15 is 0 Å². The van der Waals surface area contributed by atoms with Gasteiger partial charge in [-0.15, -0.1) is 0 Å². The van der Waals surface area contributed by atoms with Crippen molar-refractivity contribution in [2.24, 2.45) is 5.14 Å². The molecule has 7 nitrogen and oxygen atoms in total. The van der Waals surface area contributed by atoms with E-state index in [4.69, 9.17) is 17.4 Å². The number of benzene rings is 2. The molecular weight excluding hydrogens is 440 g/mol. The van der Waals surface area contributed by atoms with Gasteiger partial charge in [0.15, 0.2) is 4.32 Å². The van der Waals surface area contributed by atoms with Crippen molar-refractivity contribution in [3.63, 3.8) is 0 Å². The van der Waals surface area contributed by atoms with Gasteiger partial charge in [-0.1, -0.05) is 72.4 Å². The molecule has 10 heteroatoms. The summed E-state index contributed by atoms with van der Waals surface area (Å²) in [4.78, 5) is 0.0357. The molecule has 3 N–H and O–H groups in total. The molecule has 2 aromatic carbocycles. The molecule has 30 heavy (non-hydrogen) atoms. The van der Waals surface area contributed by atoms with Crippen LogP contribution in [-0.2, 0) is 10.0 Å². The van der Waals surface area contributed by atoms with Gasteiger partial charge in [-0.05, 0) is 17.7 Å². The van der Waals surface area contributed by atoms with Crippen LogP contribution in [-0.4, -0.2) is 45.6 Å². The maximum Gasteiger partial charge on any atom is 0.238 e. The van der Waals surface area contributed by atoms with Crippen molar-refractivity contribution in [1.82, 2.24) is 14.8 Å². The summed E-state index contributed by atoms with van der Waals surface area (Å²) in [6, 6.07) is 18.9. The molecule has 154 valence electrons. The zero-order valence-electron chi connectivity index (χ0n) is 15.9. The number of hydroxylamine groups is 2. The lowest BCUT2D eigenvalue weighted by Gasteiger charge is -2.07. The van der Waals surface area contributed by atoms with E-state index < -0.39 is 10.0 Å². The summed E-state index contributed by atoms with van der Waals surface area (Å²) >= 11 is 6.23. The molecule has 0 saturated heterocycles. The summed E-state index contributed by atoms with van der Waals surface area (Å²) in [6.45, 7) is 0. The third-order valence-electron chi connectivity index (χ3n) is 3.98. The Morgan fingerprint density at radius 2 is 1.87 bits per heavy atom. The fourth-order valence-corrected chi connectivity index (χ4v) is 3.72. The number of nitrogens with zero attached hydrogens (tertiary/aromatic N) is 3. The lowest BCUT2D eigenvalue weighted by atomic mass is 10.0. The fraction of sp³-hybridized carbons (Fsp3) is 0.100. The molecule has 1 heterocycles. The van der Waals surface area contributed by atoms with Gasteiger partial charge in [-0.3, -0.25) is 5.21 Å². The SMILES string of the molecule is CN(O)C(=S)SCC#Cn1cc(-c2ccccc2)c(-c2ccc(S(N)(=O)=O)cc2)n1. The van der Waals surface area contributed by atoms with Crippen LogP contribution >= 0.6 is 24.0 Å². The largest absolute Gasteiger partial charge is 0.287 e. The molecule has 0 bridgehead atoms. The van der Waals surface area contributed by atoms with Crippen molar-refractivity contribution >= 4 is 38.3 Å². The minimum absolute atomic E-state index is 0.0357. The number of thioether (sulfide) groups is 1. The van der Waals surface area contributed by atoms with Gasteiger partial charge in [0.05, 0.1) is 10.6 Å². The summed E-state index contributed by atoms with van der Waals surface area (Å²) in [6.07, 6.45) is 1.81. The van der Waals surface area contributed by atoms with Crippen molar-refractivity contribution in [2.75, 3.05) is 12.8 Å². The van der Waals surface area contributed by atoms with Gasteiger partial charge in [-0.25, -0.2) is 18.6 Å². The van der Waals surface area contributed by atoms with Crippen LogP contribution in [0, 0.1) is 12.0 Å². The number of hydrogen-bond acceptors (Lipinski definition) is 6. The smallest absolute Gasteiger partial charge is 0.238 e. The van der Waals surface area contributed by atoms with Gasteiger partial charge in [0.1, 0.15) is 5.69 Å². The second-order valence-electron chi connectivity index (χ2n) is 6.14.